The molecule has 7 heteroatoms. The number of rotatable bonds is 5. The number of hydrogen-bond acceptors (Lipinski definition) is 5. The van der Waals surface area contributed by atoms with Crippen molar-refractivity contribution < 1.29 is 9.53 Å². The molecule has 0 saturated carbocycles. The summed E-state index contributed by atoms with van der Waals surface area (Å²) >= 11 is 6.26. The van der Waals surface area contributed by atoms with Crippen molar-refractivity contribution in [3.8, 4) is 5.75 Å². The fourth-order valence-electron chi connectivity index (χ4n) is 3.12. The molecule has 1 aromatic carbocycles. The highest BCUT2D eigenvalue weighted by atomic mass is 35.5. The number of ether oxygens (including phenoxy) is 1. The Labute approximate surface area is 176 Å². The van der Waals surface area contributed by atoms with Crippen LogP contribution in [0.2, 0.25) is 5.02 Å². The molecule has 0 atom stereocenters. The summed E-state index contributed by atoms with van der Waals surface area (Å²) in [7, 11) is 0. The number of carbonyl (C=O) groups excluding carboxylic acids is 1. The highest BCUT2D eigenvalue weighted by molar-refractivity contribution is 6.31. The number of hydrogen-bond donors (Lipinski definition) is 1. The van der Waals surface area contributed by atoms with Gasteiger partial charge in [-0.2, -0.15) is 0 Å². The Morgan fingerprint density at radius 3 is 2.45 bits per heavy atom. The van der Waals surface area contributed by atoms with E-state index >= 15 is 0 Å². The van der Waals surface area contributed by atoms with Gasteiger partial charge in [-0.05, 0) is 38.5 Å². The predicted octanol–water partition coefficient (Wildman–Crippen LogP) is 2.91. The van der Waals surface area contributed by atoms with Crippen LogP contribution in [0.15, 0.2) is 41.3 Å². The maximum absolute atomic E-state index is 13.2. The molecule has 156 valence electrons. The molecule has 1 aliphatic rings. The van der Waals surface area contributed by atoms with E-state index in [4.69, 9.17) is 16.3 Å². The van der Waals surface area contributed by atoms with Gasteiger partial charge in [0.25, 0.3) is 5.56 Å². The van der Waals surface area contributed by atoms with Crippen molar-refractivity contribution in [2.75, 3.05) is 26.2 Å². The van der Waals surface area contributed by atoms with Crippen LogP contribution in [0.3, 0.4) is 0 Å². The molecular formula is C22H28ClN3O3. The average molecular weight is 418 g/mol. The zero-order valence-electron chi connectivity index (χ0n) is 17.2. The van der Waals surface area contributed by atoms with Crippen molar-refractivity contribution in [3.05, 3.63) is 63.0 Å². The average Bonchev–Trinajstić information content (AvgIpc) is 2.68. The molecule has 0 spiro atoms. The zero-order chi connectivity index (χ0) is 21.0. The number of pyridine rings is 1. The topological polar surface area (TPSA) is 63.6 Å². The fraction of sp³-hybridized carbons (Fsp3) is 0.455. The molecule has 0 amide bonds. The van der Waals surface area contributed by atoms with Crippen LogP contribution < -0.4 is 15.6 Å². The van der Waals surface area contributed by atoms with Gasteiger partial charge < -0.3 is 14.6 Å². The van der Waals surface area contributed by atoms with Crippen molar-refractivity contribution in [1.29, 1.82) is 0 Å². The van der Waals surface area contributed by atoms with Crippen LogP contribution in [0.1, 0.15) is 31.9 Å². The summed E-state index contributed by atoms with van der Waals surface area (Å²) in [5, 5.41) is 3.91. The van der Waals surface area contributed by atoms with Crippen molar-refractivity contribution >= 4 is 17.6 Å². The molecule has 1 N–H and O–H groups in total. The van der Waals surface area contributed by atoms with E-state index < -0.39 is 11.4 Å². The summed E-state index contributed by atoms with van der Waals surface area (Å²) in [5.74, 6) is -0.315. The first-order chi connectivity index (χ1) is 13.8. The molecule has 3 rings (SSSR count). The summed E-state index contributed by atoms with van der Waals surface area (Å²) < 4.78 is 7.18. The molecular weight excluding hydrogens is 390 g/mol. The quantitative estimate of drug-likeness (QED) is 0.758. The van der Waals surface area contributed by atoms with Crippen LogP contribution in [0.4, 0.5) is 0 Å². The maximum atomic E-state index is 13.2. The van der Waals surface area contributed by atoms with E-state index in [1.807, 2.05) is 24.3 Å². The van der Waals surface area contributed by atoms with E-state index in [1.54, 1.807) is 33.0 Å². The van der Waals surface area contributed by atoms with E-state index in [1.165, 1.54) is 4.57 Å². The number of nitrogens with zero attached hydrogens (tertiary/aromatic N) is 2. The summed E-state index contributed by atoms with van der Waals surface area (Å²) in [6.45, 7) is 9.78. The number of aromatic nitrogens is 1. The lowest BCUT2D eigenvalue weighted by molar-refractivity contribution is -0.143. The monoisotopic (exact) mass is 417 g/mol. The molecule has 0 unspecified atom stereocenters. The second-order valence-electron chi connectivity index (χ2n) is 8.36. The van der Waals surface area contributed by atoms with Gasteiger partial charge in [0.1, 0.15) is 0 Å². The molecule has 0 bridgehead atoms. The highest BCUT2D eigenvalue weighted by Gasteiger charge is 2.27. The molecule has 1 aliphatic heterocycles. The van der Waals surface area contributed by atoms with Crippen LogP contribution in [0.25, 0.3) is 0 Å². The first kappa shape index (κ1) is 21.6. The van der Waals surface area contributed by atoms with Crippen LogP contribution >= 0.6 is 11.6 Å². The number of carbonyl (C=O) groups is 1. The van der Waals surface area contributed by atoms with Gasteiger partial charge in [0.05, 0.1) is 12.0 Å². The Balaban J connectivity index is 1.95. The molecule has 6 nitrogen and oxygen atoms in total. The van der Waals surface area contributed by atoms with Crippen molar-refractivity contribution in [2.45, 2.75) is 33.9 Å². The third kappa shape index (κ3) is 5.47. The fourth-order valence-corrected chi connectivity index (χ4v) is 3.31. The lowest BCUT2D eigenvalue weighted by Gasteiger charge is -2.28. The summed E-state index contributed by atoms with van der Waals surface area (Å²) in [6.07, 6.45) is 1.75. The van der Waals surface area contributed by atoms with E-state index in [9.17, 15) is 9.59 Å². The molecule has 1 aromatic heterocycles. The maximum Gasteiger partial charge on any atom is 0.316 e. The molecule has 1 fully saturated rings. The number of piperazine rings is 1. The molecule has 1 saturated heterocycles. The second kappa shape index (κ2) is 9.11. The van der Waals surface area contributed by atoms with Gasteiger partial charge in [-0.15, -0.1) is 0 Å². The van der Waals surface area contributed by atoms with Gasteiger partial charge in [-0.1, -0.05) is 29.8 Å². The lowest BCUT2D eigenvalue weighted by atomic mass is 9.97. The lowest BCUT2D eigenvalue weighted by Crippen LogP contribution is -2.43. The number of nitrogens with one attached hydrogen (secondary N) is 1. The third-order valence-corrected chi connectivity index (χ3v) is 5.28. The Morgan fingerprint density at radius 1 is 1.10 bits per heavy atom. The van der Waals surface area contributed by atoms with E-state index in [0.717, 1.165) is 37.3 Å². The van der Waals surface area contributed by atoms with Crippen molar-refractivity contribution in [2.24, 2.45) is 5.41 Å². The van der Waals surface area contributed by atoms with Crippen molar-refractivity contribution in [3.63, 3.8) is 0 Å². The molecule has 0 radical (unpaired) electrons. The minimum absolute atomic E-state index is 0.109. The van der Waals surface area contributed by atoms with Crippen LogP contribution in [-0.4, -0.2) is 41.6 Å². The van der Waals surface area contributed by atoms with Gasteiger partial charge >= 0.3 is 5.97 Å². The van der Waals surface area contributed by atoms with Gasteiger partial charge in [-0.25, -0.2) is 0 Å². The van der Waals surface area contributed by atoms with Gasteiger partial charge in [-0.3, -0.25) is 14.5 Å². The van der Waals surface area contributed by atoms with Crippen LogP contribution in [-0.2, 0) is 17.9 Å². The molecule has 0 aliphatic carbocycles. The Morgan fingerprint density at radius 2 is 1.79 bits per heavy atom. The summed E-state index contributed by atoms with van der Waals surface area (Å²) in [6, 6.07) is 9.27. The van der Waals surface area contributed by atoms with Gasteiger partial charge in [0.15, 0.2) is 0 Å². The van der Waals surface area contributed by atoms with Gasteiger partial charge in [0.2, 0.25) is 5.75 Å². The Bertz CT molecular complexity index is 928. The summed E-state index contributed by atoms with van der Waals surface area (Å²) in [5.41, 5.74) is 0.529. The molecule has 2 heterocycles. The number of halogens is 1. The minimum Gasteiger partial charge on any atom is -0.420 e. The first-order valence-electron chi connectivity index (χ1n) is 9.87. The molecule has 29 heavy (non-hydrogen) atoms. The van der Waals surface area contributed by atoms with Crippen LogP contribution in [0.5, 0.6) is 5.75 Å². The van der Waals surface area contributed by atoms with E-state index in [-0.39, 0.29) is 11.3 Å². The van der Waals surface area contributed by atoms with Crippen LogP contribution in [0, 0.1) is 5.41 Å². The minimum atomic E-state index is -0.706. The number of esters is 1. The van der Waals surface area contributed by atoms with Gasteiger partial charge in [0, 0.05) is 49.5 Å². The smallest absolute Gasteiger partial charge is 0.316 e. The SMILES string of the molecule is CC(C)(C)C(=O)Oc1c(CN2CCNCC2)ccn(Cc2ccccc2Cl)c1=O. The van der Waals surface area contributed by atoms with E-state index in [0.29, 0.717) is 18.1 Å². The summed E-state index contributed by atoms with van der Waals surface area (Å²) in [4.78, 5) is 28.0. The Kier molecular flexibility index (Phi) is 6.77. The number of benzene rings is 1. The predicted molar refractivity (Wildman–Crippen MR) is 114 cm³/mol. The second-order valence-corrected chi connectivity index (χ2v) is 8.77. The standard InChI is InChI=1S/C22H28ClN3O3/c1-22(2,3)21(28)29-19-17(14-25-12-9-24-10-13-25)8-11-26(20(19)27)15-16-6-4-5-7-18(16)23/h4-8,11,24H,9-10,12-15H2,1-3H3. The first-order valence-corrected chi connectivity index (χ1v) is 10.2. The normalized spacial score (nSPS) is 15.3. The van der Waals surface area contributed by atoms with Crippen molar-refractivity contribution in [1.82, 2.24) is 14.8 Å². The van der Waals surface area contributed by atoms with E-state index in [2.05, 4.69) is 10.2 Å². The molecule has 2 aromatic rings. The third-order valence-electron chi connectivity index (χ3n) is 4.91. The largest absolute Gasteiger partial charge is 0.420 e. The highest BCUT2D eigenvalue weighted by Crippen LogP contribution is 2.22. The Hall–Kier alpha value is -2.15. The zero-order valence-corrected chi connectivity index (χ0v) is 18.0.